The molecule has 1 aliphatic carbocycles. The van der Waals surface area contributed by atoms with Crippen molar-refractivity contribution >= 4 is 5.97 Å². The van der Waals surface area contributed by atoms with Gasteiger partial charge in [-0.2, -0.15) is 5.10 Å². The fourth-order valence-corrected chi connectivity index (χ4v) is 4.43. The van der Waals surface area contributed by atoms with E-state index in [1.807, 2.05) is 28.9 Å². The summed E-state index contributed by atoms with van der Waals surface area (Å²) in [5, 5.41) is 4.99. The van der Waals surface area contributed by atoms with Crippen LogP contribution in [0.3, 0.4) is 0 Å². The highest BCUT2D eigenvalue weighted by Gasteiger charge is 2.42. The lowest BCUT2D eigenvalue weighted by Crippen LogP contribution is -2.38. The van der Waals surface area contributed by atoms with Crippen LogP contribution in [0, 0.1) is 6.92 Å². The maximum atomic E-state index is 12.1. The third-order valence-electron chi connectivity index (χ3n) is 6.25. The minimum absolute atomic E-state index is 0.180. The highest BCUT2D eigenvalue weighted by atomic mass is 16.6. The molecule has 0 N–H and O–H groups in total. The van der Waals surface area contributed by atoms with Gasteiger partial charge in [0.05, 0.1) is 24.6 Å². The number of rotatable bonds is 6. The number of aryl methyl sites for hydroxylation is 1. The SMILES string of the molecule is COc1ccc(-n2nc([C@]3(OC(C)=O)CC[C@@H](OC)CC3)cc2-c2ccc(C)cc2)cc1. The van der Waals surface area contributed by atoms with Crippen molar-refractivity contribution in [1.29, 1.82) is 0 Å². The monoisotopic (exact) mass is 434 g/mol. The Bertz CT molecular complexity index is 1060. The second-order valence-electron chi connectivity index (χ2n) is 8.41. The summed E-state index contributed by atoms with van der Waals surface area (Å²) in [6.07, 6.45) is 3.17. The minimum atomic E-state index is -0.752. The van der Waals surface area contributed by atoms with Crippen LogP contribution in [0.5, 0.6) is 5.75 Å². The van der Waals surface area contributed by atoms with Gasteiger partial charge in [-0.15, -0.1) is 0 Å². The van der Waals surface area contributed by atoms with Crippen molar-refractivity contribution in [3.8, 4) is 22.7 Å². The highest BCUT2D eigenvalue weighted by molar-refractivity contribution is 5.67. The van der Waals surface area contributed by atoms with Gasteiger partial charge < -0.3 is 14.2 Å². The first-order valence-corrected chi connectivity index (χ1v) is 11.0. The van der Waals surface area contributed by atoms with E-state index in [-0.39, 0.29) is 12.1 Å². The first-order valence-electron chi connectivity index (χ1n) is 11.0. The lowest BCUT2D eigenvalue weighted by Gasteiger charge is -2.37. The van der Waals surface area contributed by atoms with Crippen LogP contribution in [0.15, 0.2) is 54.6 Å². The topological polar surface area (TPSA) is 62.6 Å². The van der Waals surface area contributed by atoms with Crippen molar-refractivity contribution < 1.29 is 19.0 Å². The Morgan fingerprint density at radius 3 is 2.25 bits per heavy atom. The van der Waals surface area contributed by atoms with Crippen LogP contribution in [-0.4, -0.2) is 36.1 Å². The molecule has 1 aromatic heterocycles. The second kappa shape index (κ2) is 9.17. The van der Waals surface area contributed by atoms with E-state index < -0.39 is 5.60 Å². The predicted octanol–water partition coefficient (Wildman–Crippen LogP) is 5.20. The van der Waals surface area contributed by atoms with Crippen molar-refractivity contribution in [3.05, 3.63) is 65.9 Å². The third kappa shape index (κ3) is 4.41. The highest BCUT2D eigenvalue weighted by Crippen LogP contribution is 2.42. The van der Waals surface area contributed by atoms with Gasteiger partial charge in [0.2, 0.25) is 0 Å². The van der Waals surface area contributed by atoms with E-state index in [1.54, 1.807) is 14.2 Å². The van der Waals surface area contributed by atoms with E-state index in [9.17, 15) is 4.79 Å². The Morgan fingerprint density at radius 1 is 1.03 bits per heavy atom. The molecule has 6 nitrogen and oxygen atoms in total. The summed E-state index contributed by atoms with van der Waals surface area (Å²) in [4.78, 5) is 12.1. The zero-order chi connectivity index (χ0) is 22.7. The van der Waals surface area contributed by atoms with Crippen molar-refractivity contribution in [2.45, 2.75) is 51.2 Å². The molecule has 0 spiro atoms. The summed E-state index contributed by atoms with van der Waals surface area (Å²) in [5.41, 5.74) is 4.13. The van der Waals surface area contributed by atoms with E-state index in [2.05, 4.69) is 37.3 Å². The molecule has 0 unspecified atom stereocenters. The van der Waals surface area contributed by atoms with Crippen molar-refractivity contribution in [2.75, 3.05) is 14.2 Å². The second-order valence-corrected chi connectivity index (χ2v) is 8.41. The number of hydrogen-bond acceptors (Lipinski definition) is 5. The molecule has 0 amide bonds. The average Bonchev–Trinajstić information content (AvgIpc) is 3.26. The fourth-order valence-electron chi connectivity index (χ4n) is 4.43. The van der Waals surface area contributed by atoms with Crippen LogP contribution in [0.4, 0.5) is 0 Å². The number of carbonyl (C=O) groups is 1. The zero-order valence-corrected chi connectivity index (χ0v) is 19.1. The Kier molecular flexibility index (Phi) is 6.33. The van der Waals surface area contributed by atoms with Gasteiger partial charge in [0.1, 0.15) is 11.4 Å². The summed E-state index contributed by atoms with van der Waals surface area (Å²) in [7, 11) is 3.38. The largest absolute Gasteiger partial charge is 0.497 e. The molecule has 0 bridgehead atoms. The Labute approximate surface area is 189 Å². The van der Waals surface area contributed by atoms with Crippen LogP contribution >= 0.6 is 0 Å². The van der Waals surface area contributed by atoms with Gasteiger partial charge in [0, 0.05) is 19.6 Å². The first-order chi connectivity index (χ1) is 15.4. The Balaban J connectivity index is 1.83. The molecule has 0 atom stereocenters. The summed E-state index contributed by atoms with van der Waals surface area (Å²) in [6, 6.07) is 18.2. The number of aromatic nitrogens is 2. The van der Waals surface area contributed by atoms with Crippen LogP contribution in [0.2, 0.25) is 0 Å². The molecular weight excluding hydrogens is 404 g/mol. The quantitative estimate of drug-likeness (QED) is 0.499. The fraction of sp³-hybridized carbons (Fsp3) is 0.385. The summed E-state index contributed by atoms with van der Waals surface area (Å²) < 4.78 is 18.7. The predicted molar refractivity (Wildman–Crippen MR) is 123 cm³/mol. The molecule has 0 aliphatic heterocycles. The smallest absolute Gasteiger partial charge is 0.303 e. The van der Waals surface area contributed by atoms with E-state index in [0.29, 0.717) is 12.8 Å². The molecule has 6 heteroatoms. The van der Waals surface area contributed by atoms with Gasteiger partial charge in [-0.1, -0.05) is 29.8 Å². The van der Waals surface area contributed by atoms with E-state index in [0.717, 1.165) is 41.2 Å². The number of ether oxygens (including phenoxy) is 3. The van der Waals surface area contributed by atoms with E-state index in [4.69, 9.17) is 19.3 Å². The van der Waals surface area contributed by atoms with Crippen LogP contribution in [0.25, 0.3) is 16.9 Å². The van der Waals surface area contributed by atoms with Crippen molar-refractivity contribution in [2.24, 2.45) is 0 Å². The maximum absolute atomic E-state index is 12.1. The van der Waals surface area contributed by atoms with E-state index >= 15 is 0 Å². The van der Waals surface area contributed by atoms with Crippen molar-refractivity contribution in [1.82, 2.24) is 9.78 Å². The van der Waals surface area contributed by atoms with Gasteiger partial charge in [0.25, 0.3) is 0 Å². The molecule has 3 aromatic rings. The standard InChI is InChI=1S/C26H30N2O4/c1-18-5-7-20(8-6-18)24-17-25(27-28(24)21-9-11-22(30-3)12-10-21)26(32-19(2)29)15-13-23(31-4)14-16-26/h5-12,17,23H,13-16H2,1-4H3/t23-,26+. The average molecular weight is 435 g/mol. The summed E-state index contributed by atoms with van der Waals surface area (Å²) in [5.74, 6) is 0.490. The zero-order valence-electron chi connectivity index (χ0n) is 19.1. The molecule has 1 fully saturated rings. The Hall–Kier alpha value is -3.12. The molecule has 0 saturated heterocycles. The molecular formula is C26H30N2O4. The van der Waals surface area contributed by atoms with Crippen LogP contribution in [0.1, 0.15) is 43.9 Å². The van der Waals surface area contributed by atoms with Crippen molar-refractivity contribution in [3.63, 3.8) is 0 Å². The van der Waals surface area contributed by atoms with Gasteiger partial charge in [-0.3, -0.25) is 4.79 Å². The number of nitrogens with zero attached hydrogens (tertiary/aromatic N) is 2. The van der Waals surface area contributed by atoms with E-state index in [1.165, 1.54) is 12.5 Å². The molecule has 32 heavy (non-hydrogen) atoms. The molecule has 2 aromatic carbocycles. The summed E-state index contributed by atoms with van der Waals surface area (Å²) >= 11 is 0. The molecule has 1 saturated carbocycles. The number of hydrogen-bond donors (Lipinski definition) is 0. The number of esters is 1. The maximum Gasteiger partial charge on any atom is 0.303 e. The Morgan fingerprint density at radius 2 is 1.69 bits per heavy atom. The lowest BCUT2D eigenvalue weighted by atomic mass is 9.80. The van der Waals surface area contributed by atoms with Gasteiger partial charge in [-0.25, -0.2) is 4.68 Å². The molecule has 168 valence electrons. The van der Waals surface area contributed by atoms with Crippen LogP contribution < -0.4 is 4.74 Å². The number of benzene rings is 2. The number of methoxy groups -OCH3 is 2. The third-order valence-corrected chi connectivity index (χ3v) is 6.25. The summed E-state index contributed by atoms with van der Waals surface area (Å²) in [6.45, 7) is 3.53. The normalized spacial score (nSPS) is 20.7. The lowest BCUT2D eigenvalue weighted by molar-refractivity contribution is -0.166. The molecule has 1 aliphatic rings. The molecule has 4 rings (SSSR count). The first kappa shape index (κ1) is 22.1. The van der Waals surface area contributed by atoms with Gasteiger partial charge >= 0.3 is 5.97 Å². The molecule has 0 radical (unpaired) electrons. The van der Waals surface area contributed by atoms with Crippen LogP contribution in [-0.2, 0) is 19.9 Å². The minimum Gasteiger partial charge on any atom is -0.497 e. The van der Waals surface area contributed by atoms with Gasteiger partial charge in [-0.05, 0) is 62.9 Å². The molecule has 1 heterocycles. The van der Waals surface area contributed by atoms with Gasteiger partial charge in [0.15, 0.2) is 5.60 Å². The number of carbonyl (C=O) groups excluding carboxylic acids is 1.